The van der Waals surface area contributed by atoms with Gasteiger partial charge in [-0.3, -0.25) is 0 Å². The van der Waals surface area contributed by atoms with Gasteiger partial charge in [0.1, 0.15) is 0 Å². The quantitative estimate of drug-likeness (QED) is 0.0447. The predicted octanol–water partition coefficient (Wildman–Crippen LogP) is 17.1. The summed E-state index contributed by atoms with van der Waals surface area (Å²) in [5, 5.41) is 0. The summed E-state index contributed by atoms with van der Waals surface area (Å²) < 4.78 is 35.5. The summed E-state index contributed by atoms with van der Waals surface area (Å²) in [7, 11) is 0. The Morgan fingerprint density at radius 1 is 0.281 bits per heavy atom. The normalized spacial score (nSPS) is 12.4. The Kier molecular flexibility index (Phi) is 40.9. The minimum atomic E-state index is -4.00. The van der Waals surface area contributed by atoms with Crippen LogP contribution in [-0.2, 0) is 18.6 Å². The average Bonchev–Trinajstić information content (AvgIpc) is 3.20. The smallest absolute Gasteiger partial charge is 0.0654 e. The van der Waals surface area contributed by atoms with E-state index in [0.29, 0.717) is 12.8 Å². The summed E-state index contributed by atoms with van der Waals surface area (Å²) in [6.45, 7) is 18.1. The van der Waals surface area contributed by atoms with E-state index in [1.54, 1.807) is 0 Å². The van der Waals surface area contributed by atoms with Gasteiger partial charge in [-0.1, -0.05) is 13.8 Å². The number of hydrogen-bond donors (Lipinski definition) is 0. The fourth-order valence-electron chi connectivity index (χ4n) is 8.08. The number of carbonyl (C=O) groups is 2. The van der Waals surface area contributed by atoms with E-state index in [0.717, 1.165) is 129 Å². The van der Waals surface area contributed by atoms with Crippen molar-refractivity contribution in [2.75, 3.05) is 0 Å². The summed E-state index contributed by atoms with van der Waals surface area (Å²) in [6, 6.07) is 0. The van der Waals surface area contributed by atoms with E-state index in [-0.39, 0.29) is 11.9 Å². The van der Waals surface area contributed by atoms with Crippen LogP contribution in [0.1, 0.15) is 261 Å². The van der Waals surface area contributed by atoms with Gasteiger partial charge in [0.2, 0.25) is 0 Å². The molecule has 0 aromatic carbocycles. The number of hydrogen-bond acceptors (Lipinski definition) is 6. The van der Waals surface area contributed by atoms with Crippen molar-refractivity contribution in [2.45, 2.75) is 287 Å². The third kappa shape index (κ3) is 30.9. The van der Waals surface area contributed by atoms with Crippen LogP contribution in [0.3, 0.4) is 0 Å². The third-order valence-corrected chi connectivity index (χ3v) is 67.0. The molecular formula is C48H100O6Sn3. The molecule has 0 aromatic heterocycles. The zero-order valence-electron chi connectivity index (χ0n) is 39.8. The van der Waals surface area contributed by atoms with Gasteiger partial charge >= 0.3 is 362 Å². The summed E-state index contributed by atoms with van der Waals surface area (Å²) in [4.78, 5) is 27.8. The fourth-order valence-corrected chi connectivity index (χ4v) is 85.5. The topological polar surface area (TPSA) is 71.1 Å². The first-order valence-electron chi connectivity index (χ1n) is 25.5. The van der Waals surface area contributed by atoms with E-state index >= 15 is 0 Å². The minimum Gasteiger partial charge on any atom is -0.0654 e. The molecule has 0 unspecified atom stereocenters. The van der Waals surface area contributed by atoms with Crippen LogP contribution >= 0.6 is 0 Å². The van der Waals surface area contributed by atoms with Crippen LogP contribution in [0.15, 0.2) is 0 Å². The van der Waals surface area contributed by atoms with Crippen molar-refractivity contribution in [3.05, 3.63) is 0 Å². The predicted molar refractivity (Wildman–Crippen MR) is 254 cm³/mol. The fraction of sp³-hybridized carbons (Fsp3) is 0.958. The molecule has 0 atom stereocenters. The van der Waals surface area contributed by atoms with Crippen molar-refractivity contribution in [1.29, 1.82) is 0 Å². The molecule has 0 saturated heterocycles. The molecule has 0 saturated carbocycles. The molecule has 0 spiro atoms. The molecule has 0 rings (SSSR count). The van der Waals surface area contributed by atoms with E-state index in [9.17, 15) is 9.59 Å². The van der Waals surface area contributed by atoms with Crippen molar-refractivity contribution in [3.8, 4) is 0 Å². The van der Waals surface area contributed by atoms with Gasteiger partial charge in [0.05, 0.1) is 0 Å². The summed E-state index contributed by atoms with van der Waals surface area (Å²) >= 11 is -12.0. The zero-order valence-corrected chi connectivity index (χ0v) is 48.4. The Hall–Kier alpha value is 1.26. The molecule has 6 nitrogen and oxygen atoms in total. The Balaban J connectivity index is 6.47. The van der Waals surface area contributed by atoms with Gasteiger partial charge in [0.25, 0.3) is 0 Å². The van der Waals surface area contributed by atoms with Gasteiger partial charge in [-0.25, -0.2) is 0 Å². The van der Waals surface area contributed by atoms with Gasteiger partial charge < -0.3 is 0 Å². The Morgan fingerprint density at radius 2 is 0.491 bits per heavy atom. The molecular weight excluding hydrogens is 1030 g/mol. The Bertz CT molecular complexity index is 831. The van der Waals surface area contributed by atoms with Crippen molar-refractivity contribution >= 4 is 69.6 Å². The van der Waals surface area contributed by atoms with Crippen molar-refractivity contribution < 1.29 is 18.6 Å². The maximum atomic E-state index is 13.9. The van der Waals surface area contributed by atoms with Crippen LogP contribution in [0.2, 0.25) is 26.6 Å². The molecule has 57 heavy (non-hydrogen) atoms. The van der Waals surface area contributed by atoms with Gasteiger partial charge in [0, 0.05) is 0 Å². The molecule has 0 N–H and O–H groups in total. The molecule has 0 amide bonds. The number of unbranched alkanes of at least 4 members (excludes halogenated alkanes) is 22. The van der Waals surface area contributed by atoms with Crippen LogP contribution in [0, 0.1) is 0 Å². The Labute approximate surface area is 372 Å². The SMILES string of the molecule is CCCCCCCCCCCC(=O)[O][Sn]([CH2]CCC)([CH2]CCC)[O][Sn]([CH2]CCC)([CH2]CCC)[O][Sn]([CH2]CCC)([CH2]CCC)[O]C(=O)CCCCCCCCCCC. The van der Waals surface area contributed by atoms with E-state index in [1.165, 1.54) is 89.9 Å². The van der Waals surface area contributed by atoms with Gasteiger partial charge in [-0.15, -0.1) is 0 Å². The molecule has 0 heterocycles. The molecule has 0 aliphatic heterocycles. The zero-order chi connectivity index (χ0) is 42.4. The second-order valence-corrected chi connectivity index (χ2v) is 52.0. The number of carbonyl (C=O) groups excluding carboxylic acids is 2. The van der Waals surface area contributed by atoms with E-state index < -0.39 is 57.6 Å². The van der Waals surface area contributed by atoms with E-state index in [4.69, 9.17) is 8.97 Å². The van der Waals surface area contributed by atoms with Gasteiger partial charge in [0.15, 0.2) is 0 Å². The average molecular weight is 1130 g/mol. The van der Waals surface area contributed by atoms with Crippen LogP contribution < -0.4 is 0 Å². The van der Waals surface area contributed by atoms with Crippen LogP contribution in [0.4, 0.5) is 0 Å². The van der Waals surface area contributed by atoms with E-state index in [1.807, 2.05) is 0 Å². The molecule has 0 aliphatic carbocycles. The minimum absolute atomic E-state index is 0.00810. The Morgan fingerprint density at radius 3 is 0.737 bits per heavy atom. The molecule has 0 fully saturated rings. The second-order valence-electron chi connectivity index (χ2n) is 17.7. The molecule has 0 bridgehead atoms. The number of rotatable bonds is 44. The van der Waals surface area contributed by atoms with Crippen molar-refractivity contribution in [1.82, 2.24) is 0 Å². The first-order chi connectivity index (χ1) is 27.7. The van der Waals surface area contributed by atoms with Crippen LogP contribution in [0.25, 0.3) is 0 Å². The van der Waals surface area contributed by atoms with Gasteiger partial charge in [-0.05, 0) is 0 Å². The second kappa shape index (κ2) is 40.1. The third-order valence-electron chi connectivity index (χ3n) is 11.8. The van der Waals surface area contributed by atoms with E-state index in [2.05, 4.69) is 55.4 Å². The van der Waals surface area contributed by atoms with Crippen LogP contribution in [0.5, 0.6) is 0 Å². The summed E-state index contributed by atoms with van der Waals surface area (Å²) in [6.07, 6.45) is 36.1. The molecule has 9 heteroatoms. The van der Waals surface area contributed by atoms with Crippen LogP contribution in [-0.4, -0.2) is 69.6 Å². The molecule has 0 aliphatic rings. The standard InChI is InChI=1S/2C12H24O2.6C4H9.2O.3Sn/c2*1-2-3-4-5-6-7-8-9-10-11-12(13)14;6*1-3-4-2;;;;;/h2*2-11H2,1H3,(H,13,14);6*1,3-4H2,2H3;;;;;/q;;;;;;;;;;;2*+1/p-2. The van der Waals surface area contributed by atoms with Crippen molar-refractivity contribution in [2.24, 2.45) is 0 Å². The monoisotopic (exact) mass is 1130 g/mol. The van der Waals surface area contributed by atoms with Gasteiger partial charge in [-0.2, -0.15) is 0 Å². The first kappa shape index (κ1) is 58.3. The first-order valence-corrected chi connectivity index (χ1v) is 44.6. The molecule has 0 radical (unpaired) electrons. The molecule has 340 valence electrons. The summed E-state index contributed by atoms with van der Waals surface area (Å²) in [5.41, 5.74) is 0. The molecule has 0 aromatic rings. The summed E-state index contributed by atoms with van der Waals surface area (Å²) in [5.74, 6) is -0.0162. The maximum absolute atomic E-state index is 13.9. The van der Waals surface area contributed by atoms with Crippen molar-refractivity contribution in [3.63, 3.8) is 0 Å².